The molecule has 1 aromatic heterocycles. The molecule has 152 valence electrons. The van der Waals surface area contributed by atoms with Crippen molar-refractivity contribution >= 4 is 11.5 Å². The number of hydrogen-bond donors (Lipinski definition) is 2. The Morgan fingerprint density at radius 3 is 2.28 bits per heavy atom. The molecule has 0 aliphatic rings. The van der Waals surface area contributed by atoms with E-state index >= 15 is 0 Å². The molecule has 0 atom stereocenters. The van der Waals surface area contributed by atoms with Crippen molar-refractivity contribution in [3.8, 4) is 28.9 Å². The van der Waals surface area contributed by atoms with Gasteiger partial charge >= 0.3 is 0 Å². The minimum atomic E-state index is 0.291. The molecule has 3 aromatic rings. The number of nitrogen functional groups attached to an aromatic ring is 1. The number of rotatable bonds is 9. The van der Waals surface area contributed by atoms with E-state index in [-0.39, 0.29) is 0 Å². The molecule has 0 unspecified atom stereocenters. The van der Waals surface area contributed by atoms with Gasteiger partial charge < -0.3 is 30.0 Å². The summed E-state index contributed by atoms with van der Waals surface area (Å²) in [6.45, 7) is 0.624. The van der Waals surface area contributed by atoms with Gasteiger partial charge in [-0.3, -0.25) is 0 Å². The fourth-order valence-corrected chi connectivity index (χ4v) is 2.72. The summed E-state index contributed by atoms with van der Waals surface area (Å²) < 4.78 is 21.5. The summed E-state index contributed by atoms with van der Waals surface area (Å²) in [7, 11) is 4.84. The van der Waals surface area contributed by atoms with Gasteiger partial charge in [0, 0.05) is 6.54 Å². The van der Waals surface area contributed by atoms with Gasteiger partial charge in [-0.25, -0.2) is 4.98 Å². The van der Waals surface area contributed by atoms with Crippen molar-refractivity contribution < 1.29 is 18.9 Å². The Hall–Kier alpha value is -3.68. The number of anilines is 2. The Labute approximate surface area is 169 Å². The van der Waals surface area contributed by atoms with E-state index in [1.807, 2.05) is 18.2 Å². The predicted octanol–water partition coefficient (Wildman–Crippen LogP) is 3.53. The highest BCUT2D eigenvalue weighted by atomic mass is 16.5. The summed E-state index contributed by atoms with van der Waals surface area (Å²) in [5.74, 6) is 3.55. The van der Waals surface area contributed by atoms with Crippen LogP contribution in [0.2, 0.25) is 0 Å². The number of hydrogen-bond acceptors (Lipinski definition) is 8. The normalized spacial score (nSPS) is 10.3. The summed E-state index contributed by atoms with van der Waals surface area (Å²) >= 11 is 0. The number of methoxy groups -OCH3 is 3. The molecule has 0 amide bonds. The van der Waals surface area contributed by atoms with Crippen molar-refractivity contribution in [2.45, 2.75) is 6.42 Å². The first-order chi connectivity index (χ1) is 14.1. The van der Waals surface area contributed by atoms with Crippen molar-refractivity contribution in [2.75, 3.05) is 38.9 Å². The van der Waals surface area contributed by atoms with Crippen molar-refractivity contribution in [1.82, 2.24) is 9.97 Å². The topological polar surface area (TPSA) is 101 Å². The average Bonchev–Trinajstić information content (AvgIpc) is 2.76. The van der Waals surface area contributed by atoms with E-state index in [4.69, 9.17) is 24.7 Å². The zero-order chi connectivity index (χ0) is 20.6. The second kappa shape index (κ2) is 9.50. The molecule has 1 heterocycles. The smallest absolute Gasteiger partial charge is 0.248 e. The van der Waals surface area contributed by atoms with E-state index in [2.05, 4.69) is 15.3 Å². The van der Waals surface area contributed by atoms with E-state index in [0.29, 0.717) is 41.2 Å². The number of aromatic nitrogens is 2. The van der Waals surface area contributed by atoms with Crippen molar-refractivity contribution in [3.63, 3.8) is 0 Å². The van der Waals surface area contributed by atoms with Crippen molar-refractivity contribution in [2.24, 2.45) is 0 Å². The summed E-state index contributed by atoms with van der Waals surface area (Å²) in [6, 6.07) is 13.0. The summed E-state index contributed by atoms with van der Waals surface area (Å²) in [5, 5.41) is 3.22. The Bertz CT molecular complexity index is 948. The minimum Gasteiger partial charge on any atom is -0.497 e. The third-order valence-electron chi connectivity index (χ3n) is 4.28. The van der Waals surface area contributed by atoms with Crippen LogP contribution in [0.3, 0.4) is 0 Å². The van der Waals surface area contributed by atoms with Crippen LogP contribution in [0.4, 0.5) is 11.5 Å². The molecule has 0 radical (unpaired) electrons. The Balaban J connectivity index is 1.63. The zero-order valence-electron chi connectivity index (χ0n) is 16.6. The van der Waals surface area contributed by atoms with Gasteiger partial charge in [0.25, 0.3) is 0 Å². The number of ether oxygens (including phenoxy) is 4. The quantitative estimate of drug-likeness (QED) is 0.566. The lowest BCUT2D eigenvalue weighted by Gasteiger charge is -2.13. The lowest BCUT2D eigenvalue weighted by Crippen LogP contribution is -2.10. The van der Waals surface area contributed by atoms with Gasteiger partial charge in [0.1, 0.15) is 23.5 Å². The van der Waals surface area contributed by atoms with Gasteiger partial charge in [0.15, 0.2) is 17.3 Å². The first kappa shape index (κ1) is 20.1. The zero-order valence-corrected chi connectivity index (χ0v) is 16.6. The molecule has 0 aliphatic heterocycles. The van der Waals surface area contributed by atoms with Crippen molar-refractivity contribution in [1.29, 1.82) is 0 Å². The predicted molar refractivity (Wildman–Crippen MR) is 111 cm³/mol. The second-order valence-corrected chi connectivity index (χ2v) is 6.08. The van der Waals surface area contributed by atoms with Crippen molar-refractivity contribution in [3.05, 3.63) is 54.4 Å². The van der Waals surface area contributed by atoms with Crippen LogP contribution in [0.15, 0.2) is 48.8 Å². The third-order valence-corrected chi connectivity index (χ3v) is 4.28. The van der Waals surface area contributed by atoms with E-state index in [9.17, 15) is 0 Å². The molecule has 8 nitrogen and oxygen atoms in total. The van der Waals surface area contributed by atoms with Gasteiger partial charge in [-0.1, -0.05) is 6.07 Å². The first-order valence-corrected chi connectivity index (χ1v) is 9.01. The maximum Gasteiger partial charge on any atom is 0.248 e. The van der Waals surface area contributed by atoms with Gasteiger partial charge in [-0.2, -0.15) is 4.98 Å². The number of nitrogens with zero attached hydrogens (tertiary/aromatic N) is 2. The molecule has 0 saturated heterocycles. The monoisotopic (exact) mass is 396 g/mol. The fraction of sp³-hybridized carbons (Fsp3) is 0.238. The van der Waals surface area contributed by atoms with Crippen LogP contribution in [-0.4, -0.2) is 37.8 Å². The summed E-state index contributed by atoms with van der Waals surface area (Å²) in [4.78, 5) is 8.33. The third kappa shape index (κ3) is 4.98. The molecular weight excluding hydrogens is 372 g/mol. The van der Waals surface area contributed by atoms with E-state index in [1.165, 1.54) is 6.33 Å². The lowest BCUT2D eigenvalue weighted by molar-refractivity contribution is 0.354. The van der Waals surface area contributed by atoms with Gasteiger partial charge in [-0.15, -0.1) is 0 Å². The van der Waals surface area contributed by atoms with Crippen LogP contribution in [0.5, 0.6) is 28.9 Å². The molecular formula is C21H24N4O4. The van der Waals surface area contributed by atoms with Crippen LogP contribution < -0.4 is 30.0 Å². The minimum absolute atomic E-state index is 0.291. The van der Waals surface area contributed by atoms with E-state index in [0.717, 1.165) is 17.7 Å². The molecule has 3 N–H and O–H groups in total. The molecule has 0 spiro atoms. The Morgan fingerprint density at radius 1 is 0.862 bits per heavy atom. The van der Waals surface area contributed by atoms with Crippen LogP contribution >= 0.6 is 0 Å². The highest BCUT2D eigenvalue weighted by Crippen LogP contribution is 2.30. The van der Waals surface area contributed by atoms with Crippen LogP contribution in [0.25, 0.3) is 0 Å². The van der Waals surface area contributed by atoms with Gasteiger partial charge in [0.2, 0.25) is 5.88 Å². The maximum atomic E-state index is 6.18. The Kier molecular flexibility index (Phi) is 6.57. The Morgan fingerprint density at radius 2 is 1.59 bits per heavy atom. The first-order valence-electron chi connectivity index (χ1n) is 9.01. The lowest BCUT2D eigenvalue weighted by atomic mass is 10.1. The van der Waals surface area contributed by atoms with E-state index < -0.39 is 0 Å². The fourth-order valence-electron chi connectivity index (χ4n) is 2.72. The number of nitrogens with two attached hydrogens (primary N) is 1. The van der Waals surface area contributed by atoms with Crippen LogP contribution in [-0.2, 0) is 6.42 Å². The highest BCUT2D eigenvalue weighted by molar-refractivity contribution is 5.67. The number of benzene rings is 2. The summed E-state index contributed by atoms with van der Waals surface area (Å²) in [6.07, 6.45) is 2.16. The molecule has 8 heteroatoms. The summed E-state index contributed by atoms with van der Waals surface area (Å²) in [5.41, 5.74) is 7.61. The SMILES string of the molecule is COc1ccc(Oc2ncnc(NCCc3ccc(OC)c(OC)c3)c2N)cc1. The molecule has 3 rings (SSSR count). The molecule has 0 aliphatic carbocycles. The maximum absolute atomic E-state index is 6.18. The standard InChI is InChI=1S/C21H24N4O4/c1-26-15-5-7-16(8-6-15)29-21-19(22)20(24-13-25-21)23-11-10-14-4-9-17(27-2)18(12-14)28-3/h4-9,12-13H,10-11,22H2,1-3H3,(H,23,24,25). The number of nitrogens with one attached hydrogen (secondary N) is 1. The highest BCUT2D eigenvalue weighted by Gasteiger charge is 2.11. The largest absolute Gasteiger partial charge is 0.497 e. The average molecular weight is 396 g/mol. The molecule has 29 heavy (non-hydrogen) atoms. The van der Waals surface area contributed by atoms with E-state index in [1.54, 1.807) is 45.6 Å². The van der Waals surface area contributed by atoms with Crippen LogP contribution in [0, 0.1) is 0 Å². The van der Waals surface area contributed by atoms with Gasteiger partial charge in [-0.05, 0) is 48.4 Å². The molecule has 0 bridgehead atoms. The van der Waals surface area contributed by atoms with Crippen LogP contribution in [0.1, 0.15) is 5.56 Å². The molecule has 0 saturated carbocycles. The molecule has 2 aromatic carbocycles. The van der Waals surface area contributed by atoms with Gasteiger partial charge in [0.05, 0.1) is 21.3 Å². The second-order valence-electron chi connectivity index (χ2n) is 6.08. The molecule has 0 fully saturated rings.